The van der Waals surface area contributed by atoms with Crippen molar-refractivity contribution >= 4 is 17.5 Å². The van der Waals surface area contributed by atoms with Crippen molar-refractivity contribution in [2.24, 2.45) is 0 Å². The fourth-order valence-corrected chi connectivity index (χ4v) is 2.86. The molecule has 0 atom stereocenters. The average molecular weight is 348 g/mol. The Labute approximate surface area is 146 Å². The summed E-state index contributed by atoms with van der Waals surface area (Å²) in [5.74, 6) is -0.148. The van der Waals surface area contributed by atoms with Crippen molar-refractivity contribution in [2.45, 2.75) is 26.8 Å². The molecule has 8 heteroatoms. The third kappa shape index (κ3) is 4.99. The fourth-order valence-electron chi connectivity index (χ4n) is 2.86. The lowest BCUT2D eigenvalue weighted by Crippen LogP contribution is -2.51. The van der Waals surface area contributed by atoms with E-state index in [1.807, 2.05) is 18.7 Å². The van der Waals surface area contributed by atoms with E-state index in [2.05, 4.69) is 5.32 Å². The molecule has 25 heavy (non-hydrogen) atoms. The van der Waals surface area contributed by atoms with E-state index in [-0.39, 0.29) is 23.5 Å². The van der Waals surface area contributed by atoms with E-state index in [4.69, 9.17) is 0 Å². The van der Waals surface area contributed by atoms with Gasteiger partial charge in [-0.1, -0.05) is 0 Å². The number of amides is 2. The Morgan fingerprint density at radius 2 is 1.88 bits per heavy atom. The normalized spacial score (nSPS) is 15.3. The second kappa shape index (κ2) is 8.06. The van der Waals surface area contributed by atoms with Gasteiger partial charge < -0.3 is 10.2 Å². The molecule has 1 N–H and O–H groups in total. The first-order chi connectivity index (χ1) is 11.8. The van der Waals surface area contributed by atoms with E-state index in [1.54, 1.807) is 17.9 Å². The van der Waals surface area contributed by atoms with Gasteiger partial charge in [0.05, 0.1) is 11.5 Å². The molecule has 1 saturated heterocycles. The molecule has 1 fully saturated rings. The molecule has 0 aromatic heterocycles. The van der Waals surface area contributed by atoms with Gasteiger partial charge in [-0.05, 0) is 32.9 Å². The van der Waals surface area contributed by atoms with E-state index in [0.29, 0.717) is 43.9 Å². The number of nitro benzene ring substituents is 1. The van der Waals surface area contributed by atoms with Crippen LogP contribution in [0.1, 0.15) is 29.8 Å². The summed E-state index contributed by atoms with van der Waals surface area (Å²) >= 11 is 0. The van der Waals surface area contributed by atoms with Crippen molar-refractivity contribution in [3.05, 3.63) is 39.4 Å². The van der Waals surface area contributed by atoms with Crippen LogP contribution in [0.2, 0.25) is 0 Å². The minimum Gasteiger partial charge on any atom is -0.353 e. The molecule has 0 saturated carbocycles. The molecule has 0 aliphatic carbocycles. The van der Waals surface area contributed by atoms with Gasteiger partial charge in [0.2, 0.25) is 5.91 Å². The Balaban J connectivity index is 1.92. The molecule has 1 aromatic carbocycles. The Hall–Kier alpha value is -2.48. The molecule has 8 nitrogen and oxygen atoms in total. The summed E-state index contributed by atoms with van der Waals surface area (Å²) in [4.78, 5) is 38.5. The van der Waals surface area contributed by atoms with E-state index in [9.17, 15) is 19.7 Å². The highest BCUT2D eigenvalue weighted by Gasteiger charge is 2.24. The van der Waals surface area contributed by atoms with Gasteiger partial charge in [-0.2, -0.15) is 0 Å². The molecule has 1 aliphatic heterocycles. The number of hydrogen-bond donors (Lipinski definition) is 1. The van der Waals surface area contributed by atoms with Crippen molar-refractivity contribution in [1.82, 2.24) is 15.1 Å². The number of aryl methyl sites for hydroxylation is 1. The molecular formula is C17H24N4O4. The third-order valence-corrected chi connectivity index (χ3v) is 4.12. The van der Waals surface area contributed by atoms with Crippen LogP contribution < -0.4 is 5.32 Å². The molecular weight excluding hydrogens is 324 g/mol. The zero-order chi connectivity index (χ0) is 18.6. The van der Waals surface area contributed by atoms with E-state index < -0.39 is 4.92 Å². The van der Waals surface area contributed by atoms with Crippen LogP contribution in [0.25, 0.3) is 0 Å². The van der Waals surface area contributed by atoms with Crippen LogP contribution in [0, 0.1) is 17.0 Å². The zero-order valence-electron chi connectivity index (χ0n) is 14.8. The average Bonchev–Trinajstić information content (AvgIpc) is 2.53. The first-order valence-electron chi connectivity index (χ1n) is 8.34. The monoisotopic (exact) mass is 348 g/mol. The van der Waals surface area contributed by atoms with Crippen LogP contribution in [0.15, 0.2) is 18.2 Å². The van der Waals surface area contributed by atoms with Gasteiger partial charge in [0, 0.05) is 49.4 Å². The first kappa shape index (κ1) is 18.9. The van der Waals surface area contributed by atoms with Gasteiger partial charge in [-0.25, -0.2) is 0 Å². The maximum Gasteiger partial charge on any atom is 0.272 e. The number of nitro groups is 1. The third-order valence-electron chi connectivity index (χ3n) is 4.12. The second-order valence-corrected chi connectivity index (χ2v) is 6.55. The standard InChI is InChI=1S/C17H24N4O4/c1-12(2)18-16(22)11-19-6-8-20(9-7-19)17(23)14-4-5-15(21(24)25)13(3)10-14/h4-5,10,12H,6-9,11H2,1-3H3,(H,18,22). The quantitative estimate of drug-likeness (QED) is 0.637. The summed E-state index contributed by atoms with van der Waals surface area (Å²) in [5, 5.41) is 13.7. The van der Waals surface area contributed by atoms with Crippen molar-refractivity contribution in [3.63, 3.8) is 0 Å². The van der Waals surface area contributed by atoms with Crippen molar-refractivity contribution in [3.8, 4) is 0 Å². The van der Waals surface area contributed by atoms with Crippen LogP contribution in [0.3, 0.4) is 0 Å². The number of rotatable bonds is 5. The van der Waals surface area contributed by atoms with Crippen LogP contribution in [-0.2, 0) is 4.79 Å². The second-order valence-electron chi connectivity index (χ2n) is 6.55. The van der Waals surface area contributed by atoms with Gasteiger partial charge in [0.25, 0.3) is 11.6 Å². The molecule has 0 spiro atoms. The van der Waals surface area contributed by atoms with Crippen LogP contribution in [0.5, 0.6) is 0 Å². The van der Waals surface area contributed by atoms with E-state index >= 15 is 0 Å². The molecule has 0 radical (unpaired) electrons. The predicted octanol–water partition coefficient (Wildman–Crippen LogP) is 1.19. The number of hydrogen-bond acceptors (Lipinski definition) is 5. The van der Waals surface area contributed by atoms with Crippen molar-refractivity contribution in [1.29, 1.82) is 0 Å². The molecule has 2 rings (SSSR count). The minimum absolute atomic E-state index is 0.0116. The number of piperazine rings is 1. The lowest BCUT2D eigenvalue weighted by molar-refractivity contribution is -0.385. The SMILES string of the molecule is Cc1cc(C(=O)N2CCN(CC(=O)NC(C)C)CC2)ccc1[N+](=O)[O-]. The number of carbonyl (C=O) groups excluding carboxylic acids is 2. The van der Waals surface area contributed by atoms with Gasteiger partial charge >= 0.3 is 0 Å². The number of carbonyl (C=O) groups is 2. The summed E-state index contributed by atoms with van der Waals surface area (Å²) in [6, 6.07) is 4.54. The van der Waals surface area contributed by atoms with Crippen LogP contribution in [-0.4, -0.2) is 65.3 Å². The fraction of sp³-hybridized carbons (Fsp3) is 0.529. The highest BCUT2D eigenvalue weighted by Crippen LogP contribution is 2.20. The van der Waals surface area contributed by atoms with E-state index in [0.717, 1.165) is 0 Å². The number of nitrogens with zero attached hydrogens (tertiary/aromatic N) is 3. The number of benzene rings is 1. The van der Waals surface area contributed by atoms with Crippen molar-refractivity contribution in [2.75, 3.05) is 32.7 Å². The maximum absolute atomic E-state index is 12.6. The molecule has 0 unspecified atom stereocenters. The zero-order valence-corrected chi connectivity index (χ0v) is 14.8. The maximum atomic E-state index is 12.6. The molecule has 136 valence electrons. The Kier molecular flexibility index (Phi) is 6.08. The largest absolute Gasteiger partial charge is 0.353 e. The Morgan fingerprint density at radius 1 is 1.24 bits per heavy atom. The minimum atomic E-state index is -0.454. The molecule has 2 amide bonds. The molecule has 1 heterocycles. The predicted molar refractivity (Wildman–Crippen MR) is 93.5 cm³/mol. The van der Waals surface area contributed by atoms with Gasteiger partial charge in [0.15, 0.2) is 0 Å². The molecule has 1 aliphatic rings. The van der Waals surface area contributed by atoms with Crippen LogP contribution in [0.4, 0.5) is 5.69 Å². The summed E-state index contributed by atoms with van der Waals surface area (Å²) in [5.41, 5.74) is 0.937. The molecule has 1 aromatic rings. The summed E-state index contributed by atoms with van der Waals surface area (Å²) in [7, 11) is 0. The van der Waals surface area contributed by atoms with Crippen molar-refractivity contribution < 1.29 is 14.5 Å². The highest BCUT2D eigenvalue weighted by molar-refractivity contribution is 5.94. The lowest BCUT2D eigenvalue weighted by atomic mass is 10.1. The summed E-state index contributed by atoms with van der Waals surface area (Å²) in [6.07, 6.45) is 0. The summed E-state index contributed by atoms with van der Waals surface area (Å²) < 4.78 is 0. The Morgan fingerprint density at radius 3 is 2.40 bits per heavy atom. The van der Waals surface area contributed by atoms with Gasteiger partial charge in [-0.15, -0.1) is 0 Å². The molecule has 0 bridgehead atoms. The summed E-state index contributed by atoms with van der Waals surface area (Å²) in [6.45, 7) is 8.11. The number of nitrogens with one attached hydrogen (secondary N) is 1. The van der Waals surface area contributed by atoms with Crippen LogP contribution >= 0.6 is 0 Å². The highest BCUT2D eigenvalue weighted by atomic mass is 16.6. The first-order valence-corrected chi connectivity index (χ1v) is 8.34. The topological polar surface area (TPSA) is 95.8 Å². The van der Waals surface area contributed by atoms with Gasteiger partial charge in [0.1, 0.15) is 0 Å². The van der Waals surface area contributed by atoms with Gasteiger partial charge in [-0.3, -0.25) is 24.6 Å². The van der Waals surface area contributed by atoms with E-state index in [1.165, 1.54) is 12.1 Å². The lowest BCUT2D eigenvalue weighted by Gasteiger charge is -2.34. The smallest absolute Gasteiger partial charge is 0.272 e. The Bertz CT molecular complexity index is 667.